The lowest BCUT2D eigenvalue weighted by Gasteiger charge is -2.19. The zero-order valence-corrected chi connectivity index (χ0v) is 11.7. The predicted molar refractivity (Wildman–Crippen MR) is 76.3 cm³/mol. The third-order valence-corrected chi connectivity index (χ3v) is 3.54. The van der Waals surface area contributed by atoms with Crippen LogP contribution in [0.15, 0.2) is 36.4 Å². The highest BCUT2D eigenvalue weighted by molar-refractivity contribution is 6.30. The summed E-state index contributed by atoms with van der Waals surface area (Å²) in [6.07, 6.45) is 0.483. The van der Waals surface area contributed by atoms with Crippen LogP contribution in [-0.2, 0) is 6.42 Å². The summed E-state index contributed by atoms with van der Waals surface area (Å²) in [6, 6.07) is 8.92. The Labute approximate surface area is 121 Å². The Kier molecular flexibility index (Phi) is 4.70. The summed E-state index contributed by atoms with van der Waals surface area (Å²) in [5.41, 5.74) is 5.12. The molecule has 2 aromatic rings. The summed E-state index contributed by atoms with van der Waals surface area (Å²) in [4.78, 5) is 0. The maximum atomic E-state index is 13.4. The van der Waals surface area contributed by atoms with Crippen molar-refractivity contribution in [1.29, 1.82) is 0 Å². The Morgan fingerprint density at radius 2 is 1.95 bits per heavy atom. The Balaban J connectivity index is 2.26. The fourth-order valence-electron chi connectivity index (χ4n) is 2.19. The highest BCUT2D eigenvalue weighted by Gasteiger charge is 2.14. The number of hydrogen-bond donors (Lipinski definition) is 2. The van der Waals surface area contributed by atoms with Gasteiger partial charge in [0.2, 0.25) is 0 Å². The van der Waals surface area contributed by atoms with Crippen molar-refractivity contribution in [3.8, 4) is 0 Å². The Bertz CT molecular complexity index is 617. The van der Waals surface area contributed by atoms with E-state index >= 15 is 0 Å². The molecule has 20 heavy (non-hydrogen) atoms. The molecule has 0 aromatic heterocycles. The van der Waals surface area contributed by atoms with Gasteiger partial charge < -0.3 is 0 Å². The molecule has 0 amide bonds. The number of hydrogen-bond acceptors (Lipinski definition) is 2. The number of hydrazine groups is 1. The van der Waals surface area contributed by atoms with Crippen LogP contribution in [0.4, 0.5) is 8.78 Å². The van der Waals surface area contributed by atoms with Gasteiger partial charge in [-0.3, -0.25) is 11.3 Å². The van der Waals surface area contributed by atoms with Crippen LogP contribution in [0.25, 0.3) is 0 Å². The highest BCUT2D eigenvalue weighted by Crippen LogP contribution is 2.24. The van der Waals surface area contributed by atoms with Gasteiger partial charge in [0.05, 0.1) is 11.1 Å². The SMILES string of the molecule is Cc1cc(F)ccc1C(Cc1ccc(Cl)c(F)c1)NN. The minimum Gasteiger partial charge on any atom is -0.271 e. The third-order valence-electron chi connectivity index (χ3n) is 3.23. The molecule has 0 aliphatic heterocycles. The minimum absolute atomic E-state index is 0.0870. The molecule has 0 spiro atoms. The smallest absolute Gasteiger partial charge is 0.142 e. The van der Waals surface area contributed by atoms with Crippen LogP contribution >= 0.6 is 11.6 Å². The molecule has 0 heterocycles. The van der Waals surface area contributed by atoms with Crippen molar-refractivity contribution in [2.75, 3.05) is 0 Å². The number of aryl methyl sites for hydroxylation is 1. The van der Waals surface area contributed by atoms with E-state index in [0.717, 1.165) is 16.7 Å². The van der Waals surface area contributed by atoms with E-state index in [9.17, 15) is 8.78 Å². The first-order valence-electron chi connectivity index (χ1n) is 6.17. The van der Waals surface area contributed by atoms with E-state index < -0.39 is 5.82 Å². The molecule has 5 heteroatoms. The van der Waals surface area contributed by atoms with Crippen LogP contribution in [0.5, 0.6) is 0 Å². The summed E-state index contributed by atoms with van der Waals surface area (Å²) in [5, 5.41) is 0.0870. The standard InChI is InChI=1S/C15H15ClF2N2/c1-9-6-11(17)3-4-12(9)15(20-19)8-10-2-5-13(16)14(18)7-10/h2-7,15,20H,8,19H2,1H3. The molecule has 0 fully saturated rings. The molecule has 1 unspecified atom stereocenters. The normalized spacial score (nSPS) is 12.4. The molecule has 0 bridgehead atoms. The van der Waals surface area contributed by atoms with Crippen molar-refractivity contribution in [1.82, 2.24) is 5.43 Å². The Morgan fingerprint density at radius 1 is 1.20 bits per heavy atom. The molecule has 0 saturated heterocycles. The molecule has 2 rings (SSSR count). The van der Waals surface area contributed by atoms with E-state index in [4.69, 9.17) is 17.4 Å². The van der Waals surface area contributed by atoms with Gasteiger partial charge in [-0.05, 0) is 54.3 Å². The lowest BCUT2D eigenvalue weighted by Crippen LogP contribution is -2.30. The van der Waals surface area contributed by atoms with Crippen LogP contribution in [0.1, 0.15) is 22.7 Å². The van der Waals surface area contributed by atoms with E-state index in [-0.39, 0.29) is 16.9 Å². The van der Waals surface area contributed by atoms with Gasteiger partial charge >= 0.3 is 0 Å². The summed E-state index contributed by atoms with van der Waals surface area (Å²) >= 11 is 5.65. The molecule has 3 N–H and O–H groups in total. The number of halogens is 3. The van der Waals surface area contributed by atoms with Gasteiger partial charge in [0.25, 0.3) is 0 Å². The molecule has 0 aliphatic carbocycles. The number of benzene rings is 2. The van der Waals surface area contributed by atoms with Gasteiger partial charge in [-0.2, -0.15) is 0 Å². The monoisotopic (exact) mass is 296 g/mol. The number of nitrogens with two attached hydrogens (primary N) is 1. The van der Waals surface area contributed by atoms with Crippen molar-refractivity contribution >= 4 is 11.6 Å². The number of rotatable bonds is 4. The van der Waals surface area contributed by atoms with Crippen LogP contribution in [-0.4, -0.2) is 0 Å². The highest BCUT2D eigenvalue weighted by atomic mass is 35.5. The minimum atomic E-state index is -0.462. The molecule has 106 valence electrons. The van der Waals surface area contributed by atoms with Crippen LogP contribution in [0.3, 0.4) is 0 Å². The Hall–Kier alpha value is -1.49. The van der Waals surface area contributed by atoms with Crippen molar-refractivity contribution in [3.63, 3.8) is 0 Å². The molecular weight excluding hydrogens is 282 g/mol. The summed E-state index contributed by atoms with van der Waals surface area (Å²) in [6.45, 7) is 1.81. The average molecular weight is 297 g/mol. The third kappa shape index (κ3) is 3.33. The first-order chi connectivity index (χ1) is 9.51. The molecular formula is C15H15ClF2N2. The average Bonchev–Trinajstić information content (AvgIpc) is 2.41. The second kappa shape index (κ2) is 6.31. The van der Waals surface area contributed by atoms with Gasteiger partial charge in [0.15, 0.2) is 0 Å². The summed E-state index contributed by atoms with van der Waals surface area (Å²) in [5.74, 6) is 4.81. The van der Waals surface area contributed by atoms with E-state index in [1.165, 1.54) is 24.3 Å². The zero-order valence-electron chi connectivity index (χ0n) is 11.0. The topological polar surface area (TPSA) is 38.0 Å². The molecule has 0 radical (unpaired) electrons. The van der Waals surface area contributed by atoms with Crippen molar-refractivity contribution in [2.24, 2.45) is 5.84 Å². The molecule has 2 nitrogen and oxygen atoms in total. The second-order valence-corrected chi connectivity index (χ2v) is 5.08. The quantitative estimate of drug-likeness (QED) is 0.667. The maximum Gasteiger partial charge on any atom is 0.142 e. The Morgan fingerprint density at radius 3 is 2.55 bits per heavy atom. The van der Waals surface area contributed by atoms with E-state index in [0.29, 0.717) is 6.42 Å². The first kappa shape index (κ1) is 14.9. The lowest BCUT2D eigenvalue weighted by molar-refractivity contribution is 0.543. The van der Waals surface area contributed by atoms with Gasteiger partial charge in [-0.1, -0.05) is 23.7 Å². The fourth-order valence-corrected chi connectivity index (χ4v) is 2.31. The molecule has 1 atom stereocenters. The zero-order chi connectivity index (χ0) is 14.7. The van der Waals surface area contributed by atoms with Gasteiger partial charge in [0.1, 0.15) is 11.6 Å². The first-order valence-corrected chi connectivity index (χ1v) is 6.55. The van der Waals surface area contributed by atoms with Crippen molar-refractivity contribution in [2.45, 2.75) is 19.4 Å². The summed E-state index contributed by atoms with van der Waals surface area (Å²) in [7, 11) is 0. The van der Waals surface area contributed by atoms with Gasteiger partial charge in [-0.15, -0.1) is 0 Å². The van der Waals surface area contributed by atoms with E-state index in [1.807, 2.05) is 6.92 Å². The van der Waals surface area contributed by atoms with Crippen LogP contribution in [0, 0.1) is 18.6 Å². The predicted octanol–water partition coefficient (Wildman–Crippen LogP) is 3.67. The van der Waals surface area contributed by atoms with E-state index in [2.05, 4.69) is 5.43 Å². The van der Waals surface area contributed by atoms with Crippen molar-refractivity contribution in [3.05, 3.63) is 69.7 Å². The molecule has 2 aromatic carbocycles. The van der Waals surface area contributed by atoms with Gasteiger partial charge in [-0.25, -0.2) is 8.78 Å². The summed E-state index contributed by atoms with van der Waals surface area (Å²) < 4.78 is 26.6. The number of nitrogens with one attached hydrogen (secondary N) is 1. The second-order valence-electron chi connectivity index (χ2n) is 4.67. The van der Waals surface area contributed by atoms with Crippen molar-refractivity contribution < 1.29 is 8.78 Å². The largest absolute Gasteiger partial charge is 0.271 e. The van der Waals surface area contributed by atoms with Gasteiger partial charge in [0, 0.05) is 0 Å². The lowest BCUT2D eigenvalue weighted by atomic mass is 9.96. The van der Waals surface area contributed by atoms with E-state index in [1.54, 1.807) is 12.1 Å². The molecule has 0 saturated carbocycles. The van der Waals surface area contributed by atoms with Crippen LogP contribution < -0.4 is 11.3 Å². The maximum absolute atomic E-state index is 13.4. The molecule has 0 aliphatic rings. The fraction of sp³-hybridized carbons (Fsp3) is 0.200. The van der Waals surface area contributed by atoms with Crippen LogP contribution in [0.2, 0.25) is 5.02 Å².